The van der Waals surface area contributed by atoms with Gasteiger partial charge in [-0.05, 0) is 76.2 Å². The SMILES string of the molecule is Cn1c(C2(N)C=CC(N)=CC2)nc2c(Br)c(Br)c(Br)c(Br)c21. The van der Waals surface area contributed by atoms with Crippen LogP contribution in [0.4, 0.5) is 0 Å². The Bertz CT molecular complexity index is 853. The molecular formula is C14H12Br4N4. The van der Waals surface area contributed by atoms with Gasteiger partial charge in [-0.2, -0.15) is 0 Å². The van der Waals surface area contributed by atoms with E-state index < -0.39 is 5.54 Å². The number of fused-ring (bicyclic) bond motifs is 1. The molecule has 22 heavy (non-hydrogen) atoms. The molecule has 1 atom stereocenters. The van der Waals surface area contributed by atoms with E-state index in [4.69, 9.17) is 16.5 Å². The topological polar surface area (TPSA) is 69.9 Å². The molecule has 2 aromatic rings. The molecule has 1 aliphatic rings. The number of imidazole rings is 1. The Balaban J connectivity index is 2.30. The molecule has 0 fully saturated rings. The molecule has 8 heteroatoms. The van der Waals surface area contributed by atoms with E-state index in [1.54, 1.807) is 0 Å². The summed E-state index contributed by atoms with van der Waals surface area (Å²) in [6.45, 7) is 0. The molecule has 1 aliphatic carbocycles. The average Bonchev–Trinajstić information content (AvgIpc) is 2.85. The summed E-state index contributed by atoms with van der Waals surface area (Å²) < 4.78 is 5.66. The van der Waals surface area contributed by atoms with Crippen LogP contribution in [0.2, 0.25) is 0 Å². The van der Waals surface area contributed by atoms with Crippen molar-refractivity contribution in [2.45, 2.75) is 12.0 Å². The largest absolute Gasteiger partial charge is 0.399 e. The van der Waals surface area contributed by atoms with E-state index in [9.17, 15) is 0 Å². The van der Waals surface area contributed by atoms with Gasteiger partial charge in [-0.1, -0.05) is 12.2 Å². The molecule has 0 amide bonds. The van der Waals surface area contributed by atoms with Crippen molar-refractivity contribution in [3.05, 3.63) is 47.6 Å². The monoisotopic (exact) mass is 552 g/mol. The maximum absolute atomic E-state index is 6.56. The average molecular weight is 556 g/mol. The molecule has 1 unspecified atom stereocenters. The van der Waals surface area contributed by atoms with Gasteiger partial charge >= 0.3 is 0 Å². The Kier molecular flexibility index (Phi) is 4.35. The lowest BCUT2D eigenvalue weighted by molar-refractivity contribution is 0.507. The quantitative estimate of drug-likeness (QED) is 0.400. The number of allylic oxidation sites excluding steroid dienone is 1. The van der Waals surface area contributed by atoms with Crippen molar-refractivity contribution in [3.63, 3.8) is 0 Å². The van der Waals surface area contributed by atoms with Crippen LogP contribution < -0.4 is 11.5 Å². The van der Waals surface area contributed by atoms with Gasteiger partial charge in [0.1, 0.15) is 11.3 Å². The number of nitrogens with zero attached hydrogens (tertiary/aromatic N) is 2. The van der Waals surface area contributed by atoms with E-state index in [0.29, 0.717) is 6.42 Å². The van der Waals surface area contributed by atoms with E-state index >= 15 is 0 Å². The molecule has 1 heterocycles. The summed E-state index contributed by atoms with van der Waals surface area (Å²) in [7, 11) is 1.96. The minimum absolute atomic E-state index is 0.615. The van der Waals surface area contributed by atoms with Crippen LogP contribution in [-0.2, 0) is 12.6 Å². The summed E-state index contributed by atoms with van der Waals surface area (Å²) in [5.41, 5.74) is 14.2. The van der Waals surface area contributed by atoms with Gasteiger partial charge in [0.15, 0.2) is 0 Å². The number of aromatic nitrogens is 2. The maximum atomic E-state index is 6.56. The van der Waals surface area contributed by atoms with Gasteiger partial charge in [-0.25, -0.2) is 4.98 Å². The lowest BCUT2D eigenvalue weighted by Gasteiger charge is -2.26. The van der Waals surface area contributed by atoms with Crippen LogP contribution in [0.15, 0.2) is 41.8 Å². The zero-order chi connectivity index (χ0) is 16.2. The van der Waals surface area contributed by atoms with E-state index in [-0.39, 0.29) is 0 Å². The van der Waals surface area contributed by atoms with Gasteiger partial charge in [0, 0.05) is 21.7 Å². The third kappa shape index (κ3) is 2.43. The Morgan fingerprint density at radius 1 is 1.14 bits per heavy atom. The molecule has 0 radical (unpaired) electrons. The zero-order valence-corrected chi connectivity index (χ0v) is 17.8. The summed E-state index contributed by atoms with van der Waals surface area (Å²) in [4.78, 5) is 4.78. The van der Waals surface area contributed by atoms with Gasteiger partial charge in [0.2, 0.25) is 0 Å². The van der Waals surface area contributed by atoms with Crippen molar-refractivity contribution in [1.29, 1.82) is 0 Å². The summed E-state index contributed by atoms with van der Waals surface area (Å²) in [6, 6.07) is 0. The minimum atomic E-state index is -0.672. The molecule has 4 nitrogen and oxygen atoms in total. The predicted molar refractivity (Wildman–Crippen MR) is 103 cm³/mol. The summed E-state index contributed by atoms with van der Waals surface area (Å²) >= 11 is 14.4. The van der Waals surface area contributed by atoms with Gasteiger partial charge in [0.25, 0.3) is 0 Å². The number of halogens is 4. The summed E-state index contributed by atoms with van der Waals surface area (Å²) in [5.74, 6) is 0.786. The lowest BCUT2D eigenvalue weighted by atomic mass is 9.90. The first-order valence-corrected chi connectivity index (χ1v) is 9.56. The first kappa shape index (κ1) is 16.7. The fraction of sp³-hybridized carbons (Fsp3) is 0.214. The van der Waals surface area contributed by atoms with Crippen LogP contribution in [-0.4, -0.2) is 9.55 Å². The highest BCUT2D eigenvalue weighted by molar-refractivity contribution is 9.15. The van der Waals surface area contributed by atoms with Gasteiger partial charge < -0.3 is 16.0 Å². The van der Waals surface area contributed by atoms with Gasteiger partial charge in [-0.3, -0.25) is 0 Å². The molecule has 3 rings (SSSR count). The number of rotatable bonds is 1. The Morgan fingerprint density at radius 2 is 1.77 bits per heavy atom. The standard InChI is InChI=1S/C14H12Br4N4/c1-22-12-10(18)8(16)7(15)9(17)11(12)21-13(22)14(20)4-2-6(19)3-5-14/h2-4H,5,19-20H2,1H3. The Labute approximate surface area is 161 Å². The number of hydrogen-bond donors (Lipinski definition) is 2. The smallest absolute Gasteiger partial charge is 0.134 e. The highest BCUT2D eigenvalue weighted by Crippen LogP contribution is 2.44. The molecule has 0 saturated carbocycles. The van der Waals surface area contributed by atoms with E-state index in [1.165, 1.54) is 0 Å². The summed E-state index contributed by atoms with van der Waals surface area (Å²) in [6.07, 6.45) is 6.29. The second kappa shape index (κ2) is 5.73. The second-order valence-electron chi connectivity index (χ2n) is 5.23. The second-order valence-corrected chi connectivity index (χ2v) is 8.40. The lowest BCUT2D eigenvalue weighted by Crippen LogP contribution is -2.38. The van der Waals surface area contributed by atoms with Gasteiger partial charge in [-0.15, -0.1) is 0 Å². The van der Waals surface area contributed by atoms with Crippen molar-refractivity contribution in [2.24, 2.45) is 18.5 Å². The molecule has 0 saturated heterocycles. The first-order chi connectivity index (χ1) is 10.3. The highest BCUT2D eigenvalue weighted by atomic mass is 79.9. The van der Waals surface area contributed by atoms with Crippen molar-refractivity contribution < 1.29 is 0 Å². The van der Waals surface area contributed by atoms with Crippen LogP contribution >= 0.6 is 63.7 Å². The zero-order valence-electron chi connectivity index (χ0n) is 11.5. The Morgan fingerprint density at radius 3 is 2.36 bits per heavy atom. The highest BCUT2D eigenvalue weighted by Gasteiger charge is 2.32. The van der Waals surface area contributed by atoms with Crippen LogP contribution in [0.25, 0.3) is 11.0 Å². The van der Waals surface area contributed by atoms with E-state index in [2.05, 4.69) is 63.7 Å². The molecular weight excluding hydrogens is 544 g/mol. The molecule has 4 N–H and O–H groups in total. The molecule has 1 aromatic heterocycles. The van der Waals surface area contributed by atoms with Crippen molar-refractivity contribution in [2.75, 3.05) is 0 Å². The molecule has 0 spiro atoms. The third-order valence-corrected chi connectivity index (χ3v) is 8.48. The first-order valence-electron chi connectivity index (χ1n) is 6.39. The van der Waals surface area contributed by atoms with Crippen molar-refractivity contribution in [1.82, 2.24) is 9.55 Å². The van der Waals surface area contributed by atoms with Crippen LogP contribution in [0.5, 0.6) is 0 Å². The van der Waals surface area contributed by atoms with Crippen molar-refractivity contribution >= 4 is 74.8 Å². The molecule has 0 aliphatic heterocycles. The predicted octanol–water partition coefficient (Wildman–Crippen LogP) is 4.58. The van der Waals surface area contributed by atoms with Crippen LogP contribution in [0, 0.1) is 0 Å². The number of hydrogen-bond acceptors (Lipinski definition) is 3. The maximum Gasteiger partial charge on any atom is 0.134 e. The number of nitrogens with two attached hydrogens (primary N) is 2. The number of benzene rings is 1. The molecule has 1 aromatic carbocycles. The van der Waals surface area contributed by atoms with Crippen LogP contribution in [0.1, 0.15) is 12.2 Å². The minimum Gasteiger partial charge on any atom is -0.399 e. The van der Waals surface area contributed by atoms with E-state index in [0.717, 1.165) is 40.4 Å². The third-order valence-electron chi connectivity index (χ3n) is 3.75. The normalized spacial score (nSPS) is 21.5. The van der Waals surface area contributed by atoms with Crippen LogP contribution in [0.3, 0.4) is 0 Å². The number of aryl methyl sites for hydroxylation is 1. The molecule has 0 bridgehead atoms. The molecule has 116 valence electrons. The van der Waals surface area contributed by atoms with E-state index in [1.807, 2.05) is 29.8 Å². The fourth-order valence-corrected chi connectivity index (χ4v) is 4.98. The van der Waals surface area contributed by atoms with Crippen molar-refractivity contribution in [3.8, 4) is 0 Å². The fourth-order valence-electron chi connectivity index (χ4n) is 2.55. The Hall–Kier alpha value is -0.150. The van der Waals surface area contributed by atoms with Gasteiger partial charge in [0.05, 0.1) is 20.0 Å². The summed E-state index contributed by atoms with van der Waals surface area (Å²) in [5, 5.41) is 0.